The fourth-order valence-corrected chi connectivity index (χ4v) is 1.08. The van der Waals surface area contributed by atoms with Crippen molar-refractivity contribution in [2.75, 3.05) is 25.1 Å². The molecule has 0 atom stereocenters. The zero-order chi connectivity index (χ0) is 12.7. The topological polar surface area (TPSA) is 34.1 Å². The summed E-state index contributed by atoms with van der Waals surface area (Å²) in [6.07, 6.45) is 2.43. The van der Waals surface area contributed by atoms with Gasteiger partial charge in [-0.25, -0.2) is 8.78 Å². The minimum atomic E-state index is -1.33. The van der Waals surface area contributed by atoms with Crippen LogP contribution < -0.4 is 5.32 Å². The molecule has 0 aliphatic carbocycles. The molecule has 1 aromatic heterocycles. The van der Waals surface area contributed by atoms with Crippen molar-refractivity contribution < 1.29 is 17.9 Å². The Morgan fingerprint density at radius 3 is 2.76 bits per heavy atom. The summed E-state index contributed by atoms with van der Waals surface area (Å²) < 4.78 is 43.5. The molecule has 1 heterocycles. The zero-order valence-corrected chi connectivity index (χ0v) is 9.18. The minimum Gasteiger partial charge on any atom is -0.379 e. The van der Waals surface area contributed by atoms with Gasteiger partial charge in [0.05, 0.1) is 13.2 Å². The fourth-order valence-electron chi connectivity index (χ4n) is 1.08. The van der Waals surface area contributed by atoms with Gasteiger partial charge in [-0.05, 0) is 6.42 Å². The van der Waals surface area contributed by atoms with Gasteiger partial charge in [0.2, 0.25) is 0 Å². The summed E-state index contributed by atoms with van der Waals surface area (Å²) in [6, 6.07) is 0.448. The first-order valence-electron chi connectivity index (χ1n) is 5.09. The van der Waals surface area contributed by atoms with Gasteiger partial charge in [0.1, 0.15) is 0 Å². The summed E-state index contributed by atoms with van der Waals surface area (Å²) in [5.41, 5.74) is 0. The molecule has 1 rings (SSSR count). The number of nitrogens with one attached hydrogen (secondary N) is 1. The molecule has 0 saturated carbocycles. The van der Waals surface area contributed by atoms with E-state index < -0.39 is 17.6 Å². The molecule has 1 N–H and O–H groups in total. The minimum absolute atomic E-state index is 0.256. The largest absolute Gasteiger partial charge is 0.379 e. The first kappa shape index (κ1) is 13.5. The Labute approximate surface area is 97.3 Å². The third-order valence-electron chi connectivity index (χ3n) is 1.89. The standard InChI is InChI=1S/C11H13F3N2O/c1-2-3-5-17-6-4-15-11-9(13)7-8(12)10(14)16-11/h2,7H,1,3-6H2,(H,15,16). The van der Waals surface area contributed by atoms with Crippen LogP contribution in [0, 0.1) is 17.6 Å². The second kappa shape index (κ2) is 6.90. The van der Waals surface area contributed by atoms with Gasteiger partial charge in [0.15, 0.2) is 17.5 Å². The zero-order valence-electron chi connectivity index (χ0n) is 9.18. The molecule has 94 valence electrons. The van der Waals surface area contributed by atoms with Crippen LogP contribution in [0.2, 0.25) is 0 Å². The van der Waals surface area contributed by atoms with Crippen LogP contribution in [0.4, 0.5) is 19.0 Å². The lowest BCUT2D eigenvalue weighted by Crippen LogP contribution is -2.13. The number of hydrogen-bond acceptors (Lipinski definition) is 3. The van der Waals surface area contributed by atoms with Crippen molar-refractivity contribution in [2.24, 2.45) is 0 Å². The van der Waals surface area contributed by atoms with Crippen molar-refractivity contribution in [2.45, 2.75) is 6.42 Å². The van der Waals surface area contributed by atoms with Crippen molar-refractivity contribution >= 4 is 5.82 Å². The van der Waals surface area contributed by atoms with Crippen LogP contribution in [-0.2, 0) is 4.74 Å². The molecule has 0 amide bonds. The Morgan fingerprint density at radius 2 is 2.06 bits per heavy atom. The van der Waals surface area contributed by atoms with E-state index in [0.717, 1.165) is 6.42 Å². The van der Waals surface area contributed by atoms with Crippen LogP contribution in [0.5, 0.6) is 0 Å². The Morgan fingerprint density at radius 1 is 1.29 bits per heavy atom. The van der Waals surface area contributed by atoms with Crippen LogP contribution >= 0.6 is 0 Å². The van der Waals surface area contributed by atoms with Crippen molar-refractivity contribution in [3.63, 3.8) is 0 Å². The molecule has 0 radical (unpaired) electrons. The predicted octanol–water partition coefficient (Wildman–Crippen LogP) is 2.50. The molecule has 0 fully saturated rings. The average Bonchev–Trinajstić information content (AvgIpc) is 2.30. The summed E-state index contributed by atoms with van der Waals surface area (Å²) in [4.78, 5) is 3.11. The molecule has 0 spiro atoms. The Balaban J connectivity index is 2.36. The molecule has 3 nitrogen and oxygen atoms in total. The summed E-state index contributed by atoms with van der Waals surface area (Å²) in [7, 11) is 0. The van der Waals surface area contributed by atoms with Gasteiger partial charge in [0.25, 0.3) is 5.95 Å². The summed E-state index contributed by atoms with van der Waals surface area (Å²) >= 11 is 0. The smallest absolute Gasteiger partial charge is 0.251 e. The van der Waals surface area contributed by atoms with Crippen molar-refractivity contribution in [3.05, 3.63) is 36.3 Å². The second-order valence-corrected chi connectivity index (χ2v) is 3.21. The van der Waals surface area contributed by atoms with E-state index in [0.29, 0.717) is 19.3 Å². The number of aromatic nitrogens is 1. The third-order valence-corrected chi connectivity index (χ3v) is 1.89. The van der Waals surface area contributed by atoms with E-state index in [1.54, 1.807) is 6.08 Å². The summed E-state index contributed by atoms with van der Waals surface area (Å²) in [5, 5.41) is 2.51. The number of pyridine rings is 1. The fraction of sp³-hybridized carbons (Fsp3) is 0.364. The lowest BCUT2D eigenvalue weighted by Gasteiger charge is -2.07. The lowest BCUT2D eigenvalue weighted by molar-refractivity contribution is 0.148. The van der Waals surface area contributed by atoms with E-state index in [-0.39, 0.29) is 12.4 Å². The summed E-state index contributed by atoms with van der Waals surface area (Å²) in [6.45, 7) is 4.61. The highest BCUT2D eigenvalue weighted by molar-refractivity contribution is 5.35. The van der Waals surface area contributed by atoms with E-state index in [2.05, 4.69) is 16.9 Å². The number of hydrogen-bond donors (Lipinski definition) is 1. The molecule has 17 heavy (non-hydrogen) atoms. The molecule has 6 heteroatoms. The first-order chi connectivity index (χ1) is 8.15. The first-order valence-corrected chi connectivity index (χ1v) is 5.09. The maximum atomic E-state index is 13.1. The highest BCUT2D eigenvalue weighted by Gasteiger charge is 2.10. The Hall–Kier alpha value is -1.56. The maximum absolute atomic E-state index is 13.1. The normalized spacial score (nSPS) is 10.3. The molecular weight excluding hydrogens is 233 g/mol. The van der Waals surface area contributed by atoms with Crippen LogP contribution in [0.25, 0.3) is 0 Å². The Kier molecular flexibility index (Phi) is 5.48. The number of anilines is 1. The third kappa shape index (κ3) is 4.44. The van der Waals surface area contributed by atoms with Crippen molar-refractivity contribution in [1.82, 2.24) is 4.98 Å². The van der Waals surface area contributed by atoms with Crippen LogP contribution in [0.3, 0.4) is 0 Å². The summed E-state index contributed by atoms with van der Waals surface area (Å²) in [5.74, 6) is -3.90. The highest BCUT2D eigenvalue weighted by Crippen LogP contribution is 2.13. The quantitative estimate of drug-likeness (QED) is 0.456. The molecule has 1 aromatic rings. The van der Waals surface area contributed by atoms with Gasteiger partial charge >= 0.3 is 0 Å². The van der Waals surface area contributed by atoms with Crippen LogP contribution in [0.15, 0.2) is 18.7 Å². The van der Waals surface area contributed by atoms with E-state index in [9.17, 15) is 13.2 Å². The Bertz CT molecular complexity index is 385. The lowest BCUT2D eigenvalue weighted by atomic mass is 10.4. The predicted molar refractivity (Wildman–Crippen MR) is 58.2 cm³/mol. The maximum Gasteiger partial charge on any atom is 0.251 e. The van der Waals surface area contributed by atoms with E-state index in [4.69, 9.17) is 4.74 Å². The molecule has 0 aliphatic heterocycles. The van der Waals surface area contributed by atoms with Gasteiger partial charge in [-0.2, -0.15) is 9.37 Å². The average molecular weight is 246 g/mol. The van der Waals surface area contributed by atoms with Crippen molar-refractivity contribution in [3.8, 4) is 0 Å². The van der Waals surface area contributed by atoms with Crippen LogP contribution in [0.1, 0.15) is 6.42 Å². The van der Waals surface area contributed by atoms with E-state index in [1.807, 2.05) is 0 Å². The molecule has 0 bridgehead atoms. The van der Waals surface area contributed by atoms with Crippen LogP contribution in [-0.4, -0.2) is 24.7 Å². The second-order valence-electron chi connectivity index (χ2n) is 3.21. The van der Waals surface area contributed by atoms with Crippen molar-refractivity contribution in [1.29, 1.82) is 0 Å². The molecule has 0 aromatic carbocycles. The number of nitrogens with zero attached hydrogens (tertiary/aromatic N) is 1. The molecule has 0 saturated heterocycles. The van der Waals surface area contributed by atoms with Gasteiger partial charge in [-0.3, -0.25) is 0 Å². The van der Waals surface area contributed by atoms with Gasteiger partial charge in [-0.1, -0.05) is 6.08 Å². The number of halogens is 3. The number of rotatable bonds is 7. The molecular formula is C11H13F3N2O. The SMILES string of the molecule is C=CCCOCCNc1nc(F)c(F)cc1F. The van der Waals surface area contributed by atoms with Gasteiger partial charge in [-0.15, -0.1) is 6.58 Å². The monoisotopic (exact) mass is 246 g/mol. The van der Waals surface area contributed by atoms with E-state index in [1.165, 1.54) is 0 Å². The number of ether oxygens (including phenoxy) is 1. The van der Waals surface area contributed by atoms with E-state index >= 15 is 0 Å². The highest BCUT2D eigenvalue weighted by atomic mass is 19.2. The molecule has 0 unspecified atom stereocenters. The molecule has 0 aliphatic rings. The van der Waals surface area contributed by atoms with Gasteiger partial charge in [0, 0.05) is 12.6 Å². The van der Waals surface area contributed by atoms with Gasteiger partial charge < -0.3 is 10.1 Å².